The summed E-state index contributed by atoms with van der Waals surface area (Å²) in [5.41, 5.74) is -0.299. The van der Waals surface area contributed by atoms with E-state index in [0.717, 1.165) is 4.90 Å². The molecule has 1 fully saturated rings. The van der Waals surface area contributed by atoms with Gasteiger partial charge in [0.2, 0.25) is 5.91 Å². The molecule has 26 heavy (non-hydrogen) atoms. The van der Waals surface area contributed by atoms with Crippen molar-refractivity contribution in [3.05, 3.63) is 41.9 Å². The van der Waals surface area contributed by atoms with Crippen molar-refractivity contribution in [2.75, 3.05) is 5.75 Å². The van der Waals surface area contributed by atoms with Gasteiger partial charge in [0.25, 0.3) is 0 Å². The molecule has 1 amide bonds. The zero-order valence-electron chi connectivity index (χ0n) is 14.8. The van der Waals surface area contributed by atoms with Crippen molar-refractivity contribution < 1.29 is 44.3 Å². The van der Waals surface area contributed by atoms with Crippen LogP contribution < -0.4 is 21.5 Å². The Kier molecular flexibility index (Phi) is 5.63. The fourth-order valence-corrected chi connectivity index (χ4v) is 4.82. The maximum absolute atomic E-state index is 12.7. The van der Waals surface area contributed by atoms with Crippen molar-refractivity contribution in [1.29, 1.82) is 0 Å². The predicted molar refractivity (Wildman–Crippen MR) is 88.5 cm³/mol. The van der Waals surface area contributed by atoms with Crippen LogP contribution in [0.5, 0.6) is 0 Å². The molecule has 9 heteroatoms. The van der Waals surface area contributed by atoms with Crippen molar-refractivity contribution in [2.24, 2.45) is 0 Å². The summed E-state index contributed by atoms with van der Waals surface area (Å²) < 4.78 is 32.1. The summed E-state index contributed by atoms with van der Waals surface area (Å²) in [5, 5.41) is -0.952. The second kappa shape index (κ2) is 7.11. The number of fused-ring (bicyclic) bond motifs is 1. The highest BCUT2D eigenvalue weighted by atomic mass is 79.9. The number of aromatic nitrogens is 1. The van der Waals surface area contributed by atoms with Gasteiger partial charge in [-0.05, 0) is 20.8 Å². The first-order chi connectivity index (χ1) is 11.6. The molecule has 3 rings (SSSR count). The van der Waals surface area contributed by atoms with Crippen LogP contribution >= 0.6 is 0 Å². The molecule has 3 heterocycles. The van der Waals surface area contributed by atoms with Gasteiger partial charge in [0.15, 0.2) is 28.8 Å². The molecule has 142 valence electrons. The number of carbonyl (C=O) groups excluding carboxylic acids is 2. The van der Waals surface area contributed by atoms with Crippen LogP contribution in [0, 0.1) is 0 Å². The van der Waals surface area contributed by atoms with Crippen LogP contribution in [0.4, 0.5) is 0 Å². The zero-order valence-corrected chi connectivity index (χ0v) is 17.2. The normalized spacial score (nSPS) is 21.4. The van der Waals surface area contributed by atoms with Gasteiger partial charge in [-0.3, -0.25) is 9.69 Å². The van der Waals surface area contributed by atoms with Gasteiger partial charge in [-0.1, -0.05) is 6.07 Å². The third kappa shape index (κ3) is 3.98. The molecule has 0 spiro atoms. The van der Waals surface area contributed by atoms with Gasteiger partial charge in [0.05, 0.1) is 12.2 Å². The molecule has 0 radical (unpaired) electrons. The summed E-state index contributed by atoms with van der Waals surface area (Å²) in [7, 11) is -3.51. The highest BCUT2D eigenvalue weighted by molar-refractivity contribution is 7.92. The Hall–Kier alpha value is -1.74. The molecule has 1 aromatic rings. The molecule has 0 unspecified atom stereocenters. The average molecular weight is 445 g/mol. The molecule has 1 aromatic heterocycles. The number of amides is 1. The maximum atomic E-state index is 12.7. The fourth-order valence-electron chi connectivity index (χ4n) is 2.97. The monoisotopic (exact) mass is 444 g/mol. The second-order valence-electron chi connectivity index (χ2n) is 7.23. The van der Waals surface area contributed by atoms with Gasteiger partial charge in [-0.2, -0.15) is 0 Å². The van der Waals surface area contributed by atoms with E-state index in [0.29, 0.717) is 5.57 Å². The van der Waals surface area contributed by atoms with Crippen LogP contribution in [0.2, 0.25) is 0 Å². The van der Waals surface area contributed by atoms with Gasteiger partial charge in [0, 0.05) is 17.7 Å². The average Bonchev–Trinajstić information content (AvgIpc) is 2.47. The lowest BCUT2D eigenvalue weighted by Gasteiger charge is -2.44. The Labute approximate surface area is 163 Å². The molecule has 0 saturated carbocycles. The third-order valence-electron chi connectivity index (χ3n) is 4.01. The fraction of sp³-hybridized carbons (Fsp3) is 0.471. The van der Waals surface area contributed by atoms with Crippen molar-refractivity contribution in [3.8, 4) is 0 Å². The smallest absolute Gasteiger partial charge is 0.355 e. The Morgan fingerprint density at radius 1 is 1.27 bits per heavy atom. The van der Waals surface area contributed by atoms with E-state index in [1.165, 1.54) is 0 Å². The van der Waals surface area contributed by atoms with Crippen LogP contribution in [-0.2, 0) is 30.7 Å². The largest absolute Gasteiger partial charge is 1.00 e. The van der Waals surface area contributed by atoms with Gasteiger partial charge >= 0.3 is 5.97 Å². The molecule has 0 aliphatic carbocycles. The molecule has 0 bridgehead atoms. The number of rotatable bonds is 3. The molecule has 0 N–H and O–H groups in total. The first kappa shape index (κ1) is 20.6. The van der Waals surface area contributed by atoms with Crippen LogP contribution in [0.25, 0.3) is 0 Å². The summed E-state index contributed by atoms with van der Waals surface area (Å²) in [5.74, 6) is -1.28. The van der Waals surface area contributed by atoms with Crippen molar-refractivity contribution >= 4 is 21.7 Å². The van der Waals surface area contributed by atoms with Crippen molar-refractivity contribution in [2.45, 2.75) is 44.7 Å². The standard InChI is InChI=1S/C17H21N2O5S.BrH/c1-17(2,3)24-16(21)15-12(10-18-7-5-4-6-8-18)11-25(22,23)14-9-13(20)19(14)15;/h4-8,14H,9-11H2,1-3H3;1H/q+1;/p-1/t14-;/m1./s1. The lowest BCUT2D eigenvalue weighted by molar-refractivity contribution is -0.689. The minimum Gasteiger partial charge on any atom is -1.00 e. The lowest BCUT2D eigenvalue weighted by atomic mass is 10.1. The maximum Gasteiger partial charge on any atom is 0.355 e. The van der Waals surface area contributed by atoms with Crippen molar-refractivity contribution in [3.63, 3.8) is 0 Å². The first-order valence-corrected chi connectivity index (χ1v) is 9.73. The van der Waals surface area contributed by atoms with E-state index in [4.69, 9.17) is 4.74 Å². The van der Waals surface area contributed by atoms with E-state index in [-0.39, 0.29) is 47.3 Å². The number of nitrogens with zero attached hydrogens (tertiary/aromatic N) is 2. The number of ether oxygens (including phenoxy) is 1. The van der Waals surface area contributed by atoms with Crippen LogP contribution in [0.15, 0.2) is 41.9 Å². The molecule has 1 saturated heterocycles. The Morgan fingerprint density at radius 3 is 2.42 bits per heavy atom. The van der Waals surface area contributed by atoms with E-state index in [1.54, 1.807) is 37.7 Å². The summed E-state index contributed by atoms with van der Waals surface area (Å²) in [6, 6.07) is 5.46. The van der Waals surface area contributed by atoms with E-state index < -0.39 is 26.8 Å². The molecule has 0 aromatic carbocycles. The molecular formula is C17H21BrN2O5S. The predicted octanol–water partition coefficient (Wildman–Crippen LogP) is -2.44. The Bertz CT molecular complexity index is 859. The van der Waals surface area contributed by atoms with Crippen LogP contribution in [-0.4, -0.2) is 41.9 Å². The van der Waals surface area contributed by atoms with E-state index >= 15 is 0 Å². The van der Waals surface area contributed by atoms with Gasteiger partial charge in [0.1, 0.15) is 16.7 Å². The number of pyridine rings is 1. The van der Waals surface area contributed by atoms with Gasteiger partial charge in [-0.15, -0.1) is 0 Å². The molecule has 2 aliphatic rings. The lowest BCUT2D eigenvalue weighted by Crippen LogP contribution is -3.00. The Morgan fingerprint density at radius 2 is 1.88 bits per heavy atom. The second-order valence-corrected chi connectivity index (χ2v) is 9.39. The highest BCUT2D eigenvalue weighted by Gasteiger charge is 2.53. The number of carbonyl (C=O) groups is 2. The summed E-state index contributed by atoms with van der Waals surface area (Å²) >= 11 is 0. The topological polar surface area (TPSA) is 84.6 Å². The van der Waals surface area contributed by atoms with Gasteiger partial charge in [-0.25, -0.2) is 17.8 Å². The molecule has 1 atom stereocenters. The Balaban J connectivity index is 0.00000243. The van der Waals surface area contributed by atoms with E-state index in [2.05, 4.69) is 0 Å². The molecule has 2 aliphatic heterocycles. The number of hydrogen-bond acceptors (Lipinski definition) is 5. The van der Waals surface area contributed by atoms with Crippen LogP contribution in [0.3, 0.4) is 0 Å². The number of halogens is 1. The summed E-state index contributed by atoms with van der Waals surface area (Å²) in [6.07, 6.45) is 3.47. The number of β-lactam (4-membered cyclic amide) rings is 1. The van der Waals surface area contributed by atoms with E-state index in [1.807, 2.05) is 18.2 Å². The highest BCUT2D eigenvalue weighted by Crippen LogP contribution is 2.37. The minimum atomic E-state index is -3.51. The number of hydrogen-bond donors (Lipinski definition) is 0. The van der Waals surface area contributed by atoms with E-state index in [9.17, 15) is 18.0 Å². The quantitative estimate of drug-likeness (QED) is 0.293. The van der Waals surface area contributed by atoms with Crippen molar-refractivity contribution in [1.82, 2.24) is 4.90 Å². The minimum absolute atomic E-state index is 0. The molecular weight excluding hydrogens is 424 g/mol. The summed E-state index contributed by atoms with van der Waals surface area (Å²) in [4.78, 5) is 25.8. The zero-order chi connectivity index (χ0) is 18.4. The van der Waals surface area contributed by atoms with Crippen LogP contribution in [0.1, 0.15) is 27.2 Å². The third-order valence-corrected chi connectivity index (χ3v) is 5.97. The number of esters is 1. The number of sulfone groups is 1. The SMILES string of the molecule is CC(C)(C)OC(=O)C1=C(C[n+]2ccccc2)CS(=O)(=O)[C@@H]2CC(=O)N12.[Br-]. The molecule has 7 nitrogen and oxygen atoms in total. The summed E-state index contributed by atoms with van der Waals surface area (Å²) in [6.45, 7) is 5.38. The first-order valence-electron chi connectivity index (χ1n) is 8.01. The van der Waals surface area contributed by atoms with Gasteiger partial charge < -0.3 is 21.7 Å².